The number of nitrogens with zero attached hydrogens (tertiary/aromatic N) is 1. The maximum absolute atomic E-state index is 12.3. The number of hydrogen-bond acceptors (Lipinski definition) is 5. The summed E-state index contributed by atoms with van der Waals surface area (Å²) in [6, 6.07) is -0.361. The molecule has 2 aliphatic rings. The predicted octanol–water partition coefficient (Wildman–Crippen LogP) is 1.06. The van der Waals surface area contributed by atoms with Gasteiger partial charge in [0.05, 0.1) is 19.2 Å². The number of hydrogen-bond donors (Lipinski definition) is 1. The SMILES string of the molecule is COC(=O)[C@H]1C[C@H]2[C@@H](NC(=O)OC(C)(C)C)CCCN2C1=O. The van der Waals surface area contributed by atoms with Gasteiger partial charge in [-0.3, -0.25) is 9.59 Å². The van der Waals surface area contributed by atoms with E-state index in [1.165, 1.54) is 7.11 Å². The zero-order chi connectivity index (χ0) is 16.5. The highest BCUT2D eigenvalue weighted by atomic mass is 16.6. The molecule has 22 heavy (non-hydrogen) atoms. The van der Waals surface area contributed by atoms with Crippen molar-refractivity contribution in [3.63, 3.8) is 0 Å². The van der Waals surface area contributed by atoms with Gasteiger partial charge in [-0.25, -0.2) is 4.79 Å². The van der Waals surface area contributed by atoms with Crippen molar-refractivity contribution in [1.82, 2.24) is 10.2 Å². The molecule has 0 bridgehead atoms. The summed E-state index contributed by atoms with van der Waals surface area (Å²) in [5.74, 6) is -1.46. The van der Waals surface area contributed by atoms with Gasteiger partial charge < -0.3 is 19.7 Å². The van der Waals surface area contributed by atoms with E-state index in [-0.39, 0.29) is 18.0 Å². The lowest BCUT2D eigenvalue weighted by Gasteiger charge is -2.37. The monoisotopic (exact) mass is 312 g/mol. The summed E-state index contributed by atoms with van der Waals surface area (Å²) < 4.78 is 9.96. The van der Waals surface area contributed by atoms with Crippen LogP contribution in [0.1, 0.15) is 40.0 Å². The Morgan fingerprint density at radius 3 is 2.59 bits per heavy atom. The second-order valence-electron chi connectivity index (χ2n) is 6.81. The highest BCUT2D eigenvalue weighted by molar-refractivity contribution is 5.99. The topological polar surface area (TPSA) is 84.9 Å². The number of nitrogens with one attached hydrogen (secondary N) is 1. The molecule has 2 saturated heterocycles. The first-order chi connectivity index (χ1) is 10.2. The number of fused-ring (bicyclic) bond motifs is 1. The molecular weight excluding hydrogens is 288 g/mol. The lowest BCUT2D eigenvalue weighted by Crippen LogP contribution is -2.54. The van der Waals surface area contributed by atoms with Crippen molar-refractivity contribution >= 4 is 18.0 Å². The fraction of sp³-hybridized carbons (Fsp3) is 0.800. The number of rotatable bonds is 2. The molecule has 2 fully saturated rings. The van der Waals surface area contributed by atoms with Gasteiger partial charge in [0.1, 0.15) is 11.5 Å². The zero-order valence-electron chi connectivity index (χ0n) is 13.5. The minimum Gasteiger partial charge on any atom is -0.468 e. The van der Waals surface area contributed by atoms with Crippen LogP contribution < -0.4 is 5.32 Å². The van der Waals surface area contributed by atoms with Gasteiger partial charge in [-0.2, -0.15) is 0 Å². The predicted molar refractivity (Wildman–Crippen MR) is 78.0 cm³/mol. The van der Waals surface area contributed by atoms with E-state index in [2.05, 4.69) is 5.32 Å². The third kappa shape index (κ3) is 3.51. The Balaban J connectivity index is 2.04. The zero-order valence-corrected chi connectivity index (χ0v) is 13.5. The Hall–Kier alpha value is -1.79. The van der Waals surface area contributed by atoms with E-state index in [1.807, 2.05) is 0 Å². The van der Waals surface area contributed by atoms with E-state index in [0.717, 1.165) is 12.8 Å². The van der Waals surface area contributed by atoms with Gasteiger partial charge in [0.25, 0.3) is 0 Å². The third-order valence-electron chi connectivity index (χ3n) is 4.03. The van der Waals surface area contributed by atoms with E-state index in [1.54, 1.807) is 25.7 Å². The number of piperidine rings is 1. The van der Waals surface area contributed by atoms with Crippen LogP contribution in [0.25, 0.3) is 0 Å². The summed E-state index contributed by atoms with van der Waals surface area (Å²) >= 11 is 0. The summed E-state index contributed by atoms with van der Waals surface area (Å²) in [5.41, 5.74) is -0.571. The number of carbonyl (C=O) groups excluding carboxylic acids is 3. The summed E-state index contributed by atoms with van der Waals surface area (Å²) in [6.07, 6.45) is 1.44. The van der Waals surface area contributed by atoms with Crippen molar-refractivity contribution in [3.8, 4) is 0 Å². The molecule has 2 amide bonds. The second-order valence-corrected chi connectivity index (χ2v) is 6.81. The summed E-state index contributed by atoms with van der Waals surface area (Å²) in [5, 5.41) is 2.84. The van der Waals surface area contributed by atoms with Crippen molar-refractivity contribution < 1.29 is 23.9 Å². The normalized spacial score (nSPS) is 28.1. The van der Waals surface area contributed by atoms with Gasteiger partial charge in [-0.15, -0.1) is 0 Å². The molecule has 0 aromatic heterocycles. The second kappa shape index (κ2) is 6.14. The Morgan fingerprint density at radius 1 is 1.32 bits per heavy atom. The summed E-state index contributed by atoms with van der Waals surface area (Å²) in [6.45, 7) is 6.01. The van der Waals surface area contributed by atoms with Gasteiger partial charge in [0, 0.05) is 6.54 Å². The van der Waals surface area contributed by atoms with E-state index in [9.17, 15) is 14.4 Å². The number of ether oxygens (including phenoxy) is 2. The molecule has 0 aromatic rings. The minimum atomic E-state index is -0.754. The quantitative estimate of drug-likeness (QED) is 0.609. The first kappa shape index (κ1) is 16.6. The molecule has 124 valence electrons. The highest BCUT2D eigenvalue weighted by Crippen LogP contribution is 2.32. The molecule has 7 heteroatoms. The molecule has 0 radical (unpaired) electrons. The molecule has 7 nitrogen and oxygen atoms in total. The van der Waals surface area contributed by atoms with E-state index >= 15 is 0 Å². The van der Waals surface area contributed by atoms with Crippen LogP contribution in [0.2, 0.25) is 0 Å². The molecule has 2 aliphatic heterocycles. The van der Waals surface area contributed by atoms with Crippen LogP contribution in [0, 0.1) is 5.92 Å². The fourth-order valence-electron chi connectivity index (χ4n) is 3.13. The molecule has 0 spiro atoms. The lowest BCUT2D eigenvalue weighted by molar-refractivity contribution is -0.150. The summed E-state index contributed by atoms with van der Waals surface area (Å²) in [4.78, 5) is 37.6. The van der Waals surface area contributed by atoms with Crippen LogP contribution in [0.15, 0.2) is 0 Å². The smallest absolute Gasteiger partial charge is 0.407 e. The van der Waals surface area contributed by atoms with Gasteiger partial charge in [0.2, 0.25) is 5.91 Å². The number of amides is 2. The third-order valence-corrected chi connectivity index (χ3v) is 4.03. The van der Waals surface area contributed by atoms with Gasteiger partial charge in [-0.05, 0) is 40.0 Å². The molecule has 2 heterocycles. The van der Waals surface area contributed by atoms with Crippen molar-refractivity contribution in [1.29, 1.82) is 0 Å². The molecule has 0 saturated carbocycles. The molecular formula is C15H24N2O5. The van der Waals surface area contributed by atoms with Gasteiger partial charge in [0.15, 0.2) is 0 Å². The Morgan fingerprint density at radius 2 is 2.00 bits per heavy atom. The number of carbonyl (C=O) groups is 3. The van der Waals surface area contributed by atoms with Crippen LogP contribution in [0.3, 0.4) is 0 Å². The number of alkyl carbamates (subject to hydrolysis) is 1. The minimum absolute atomic E-state index is 0.169. The van der Waals surface area contributed by atoms with Crippen LogP contribution >= 0.6 is 0 Å². The van der Waals surface area contributed by atoms with E-state index in [0.29, 0.717) is 13.0 Å². The standard InChI is InChI=1S/C15H24N2O5/c1-15(2,3)22-14(20)16-10-6-5-7-17-11(10)8-9(12(17)18)13(19)21-4/h9-11H,5-8H2,1-4H3,(H,16,20)/t9-,10-,11-/m0/s1. The molecule has 2 rings (SSSR count). The Bertz CT molecular complexity index is 471. The highest BCUT2D eigenvalue weighted by Gasteiger charge is 2.48. The van der Waals surface area contributed by atoms with Crippen molar-refractivity contribution in [2.75, 3.05) is 13.7 Å². The van der Waals surface area contributed by atoms with Crippen LogP contribution in [0.5, 0.6) is 0 Å². The molecule has 0 aromatic carbocycles. The largest absolute Gasteiger partial charge is 0.468 e. The Labute approximate surface area is 130 Å². The lowest BCUT2D eigenvalue weighted by atomic mass is 9.94. The maximum Gasteiger partial charge on any atom is 0.407 e. The first-order valence-corrected chi connectivity index (χ1v) is 7.61. The van der Waals surface area contributed by atoms with Crippen molar-refractivity contribution in [3.05, 3.63) is 0 Å². The molecule has 3 atom stereocenters. The Kier molecular flexibility index (Phi) is 4.63. The molecule has 1 N–H and O–H groups in total. The first-order valence-electron chi connectivity index (χ1n) is 7.61. The molecule has 0 aliphatic carbocycles. The fourth-order valence-corrected chi connectivity index (χ4v) is 3.13. The average molecular weight is 312 g/mol. The maximum atomic E-state index is 12.3. The number of methoxy groups -OCH3 is 1. The van der Waals surface area contributed by atoms with Crippen molar-refractivity contribution in [2.45, 2.75) is 57.7 Å². The van der Waals surface area contributed by atoms with Crippen LogP contribution in [0.4, 0.5) is 4.79 Å². The van der Waals surface area contributed by atoms with E-state index in [4.69, 9.17) is 9.47 Å². The van der Waals surface area contributed by atoms with E-state index < -0.39 is 23.6 Å². The molecule has 0 unspecified atom stereocenters. The van der Waals surface area contributed by atoms with Crippen LogP contribution in [-0.4, -0.2) is 54.2 Å². The van der Waals surface area contributed by atoms with Crippen LogP contribution in [-0.2, 0) is 19.1 Å². The summed E-state index contributed by atoms with van der Waals surface area (Å²) in [7, 11) is 1.28. The average Bonchev–Trinajstić information content (AvgIpc) is 2.75. The van der Waals surface area contributed by atoms with Gasteiger partial charge >= 0.3 is 12.1 Å². The van der Waals surface area contributed by atoms with Crippen molar-refractivity contribution in [2.24, 2.45) is 5.92 Å². The number of esters is 1. The van der Waals surface area contributed by atoms with Gasteiger partial charge in [-0.1, -0.05) is 0 Å².